The molecule has 1 aromatic carbocycles. The van der Waals surface area contributed by atoms with Crippen LogP contribution in [0.1, 0.15) is 29.2 Å². The van der Waals surface area contributed by atoms with Gasteiger partial charge in [-0.2, -0.15) is 0 Å². The lowest BCUT2D eigenvalue weighted by molar-refractivity contribution is -0.137. The van der Waals surface area contributed by atoms with Gasteiger partial charge in [0.15, 0.2) is 0 Å². The molecule has 1 amide bonds. The molecule has 0 spiro atoms. The number of nitrogens with zero attached hydrogens (tertiary/aromatic N) is 3. The zero-order valence-electron chi connectivity index (χ0n) is 18.7. The summed E-state index contributed by atoms with van der Waals surface area (Å²) in [5, 5.41) is 22.6. The van der Waals surface area contributed by atoms with E-state index in [4.69, 9.17) is 17.3 Å². The van der Waals surface area contributed by atoms with Crippen molar-refractivity contribution in [1.82, 2.24) is 14.3 Å². The number of amides is 1. The maximum atomic E-state index is 13.4. The first-order valence-electron chi connectivity index (χ1n) is 10.7. The van der Waals surface area contributed by atoms with Crippen LogP contribution in [-0.2, 0) is 9.59 Å². The summed E-state index contributed by atoms with van der Waals surface area (Å²) in [5.41, 5.74) is 1.66. The lowest BCUT2D eigenvalue weighted by Gasteiger charge is -2.15. The van der Waals surface area contributed by atoms with E-state index >= 15 is 0 Å². The summed E-state index contributed by atoms with van der Waals surface area (Å²) in [7, 11) is 0. The van der Waals surface area contributed by atoms with Crippen molar-refractivity contribution in [3.63, 3.8) is 0 Å². The molecule has 1 aliphatic heterocycles. The number of aryl methyl sites for hydroxylation is 1. The Balaban J connectivity index is 1.73. The zero-order valence-corrected chi connectivity index (χ0v) is 20.3. The number of pyridine rings is 1. The van der Waals surface area contributed by atoms with Gasteiger partial charge in [0.1, 0.15) is 15.8 Å². The summed E-state index contributed by atoms with van der Waals surface area (Å²) in [4.78, 5) is 43.3. The Morgan fingerprint density at radius 3 is 2.69 bits per heavy atom. The van der Waals surface area contributed by atoms with E-state index in [1.807, 2.05) is 31.2 Å². The molecule has 4 rings (SSSR count). The summed E-state index contributed by atoms with van der Waals surface area (Å²) in [6.45, 7) is 1.86. The van der Waals surface area contributed by atoms with Crippen molar-refractivity contribution in [2.24, 2.45) is 0 Å². The number of carbonyl (C=O) groups is 2. The van der Waals surface area contributed by atoms with Crippen molar-refractivity contribution in [3.05, 3.63) is 80.6 Å². The molecule has 35 heavy (non-hydrogen) atoms. The van der Waals surface area contributed by atoms with Gasteiger partial charge in [0, 0.05) is 19.3 Å². The number of carboxylic acids is 1. The SMILES string of the molecule is Cc1cccn2c(=O)c(/C=C3\SC(=S)N(CCC(=O)O)C3=O)c(NC[C@H](O)c3ccccc3)nc12. The smallest absolute Gasteiger partial charge is 0.305 e. The minimum absolute atomic E-state index is 0.0557. The molecule has 3 aromatic rings. The molecule has 2 aromatic heterocycles. The second-order valence-corrected chi connectivity index (χ2v) is 9.52. The van der Waals surface area contributed by atoms with Gasteiger partial charge < -0.3 is 15.5 Å². The Morgan fingerprint density at radius 2 is 1.97 bits per heavy atom. The van der Waals surface area contributed by atoms with E-state index in [0.717, 1.165) is 17.3 Å². The quantitative estimate of drug-likeness (QED) is 0.310. The number of rotatable bonds is 8. The summed E-state index contributed by atoms with van der Waals surface area (Å²) in [6.07, 6.45) is 1.91. The molecule has 0 radical (unpaired) electrons. The number of hydrogen-bond donors (Lipinski definition) is 3. The van der Waals surface area contributed by atoms with Crippen molar-refractivity contribution in [2.45, 2.75) is 19.4 Å². The van der Waals surface area contributed by atoms with Gasteiger partial charge in [0.05, 0.1) is 23.0 Å². The molecule has 180 valence electrons. The third-order valence-corrected chi connectivity index (χ3v) is 6.81. The van der Waals surface area contributed by atoms with Crippen molar-refractivity contribution >= 4 is 57.7 Å². The van der Waals surface area contributed by atoms with Gasteiger partial charge in [0.2, 0.25) is 0 Å². The molecule has 1 aliphatic rings. The molecule has 3 N–H and O–H groups in total. The molecule has 3 heterocycles. The van der Waals surface area contributed by atoms with E-state index < -0.39 is 23.5 Å². The van der Waals surface area contributed by atoms with Crippen LogP contribution < -0.4 is 10.9 Å². The second kappa shape index (κ2) is 10.4. The highest BCUT2D eigenvalue weighted by molar-refractivity contribution is 8.26. The average molecular weight is 511 g/mol. The molecule has 0 aliphatic carbocycles. The highest BCUT2D eigenvalue weighted by Crippen LogP contribution is 2.33. The van der Waals surface area contributed by atoms with Crippen LogP contribution in [0.3, 0.4) is 0 Å². The van der Waals surface area contributed by atoms with Gasteiger partial charge in [-0.05, 0) is 30.2 Å². The minimum atomic E-state index is -1.04. The third kappa shape index (κ3) is 5.26. The predicted molar refractivity (Wildman–Crippen MR) is 138 cm³/mol. The Labute approximate surface area is 210 Å². The van der Waals surface area contributed by atoms with E-state index in [2.05, 4.69) is 10.3 Å². The normalized spacial score (nSPS) is 15.7. The number of hydrogen-bond acceptors (Lipinski definition) is 8. The van der Waals surface area contributed by atoms with Gasteiger partial charge in [-0.25, -0.2) is 4.98 Å². The third-order valence-electron chi connectivity index (χ3n) is 5.43. The van der Waals surface area contributed by atoms with E-state index in [1.54, 1.807) is 24.4 Å². The summed E-state index contributed by atoms with van der Waals surface area (Å²) in [6, 6.07) is 12.6. The van der Waals surface area contributed by atoms with Crippen LogP contribution in [0.5, 0.6) is 0 Å². The highest BCUT2D eigenvalue weighted by Gasteiger charge is 2.32. The number of aliphatic hydroxyl groups excluding tert-OH is 1. The molecule has 0 unspecified atom stereocenters. The number of anilines is 1. The Kier molecular flexibility index (Phi) is 7.29. The number of benzene rings is 1. The molecule has 1 fully saturated rings. The molecule has 11 heteroatoms. The monoisotopic (exact) mass is 510 g/mol. The topological polar surface area (TPSA) is 124 Å². The zero-order chi connectivity index (χ0) is 25.1. The molecule has 1 atom stereocenters. The van der Waals surface area contributed by atoms with Crippen LogP contribution >= 0.6 is 24.0 Å². The minimum Gasteiger partial charge on any atom is -0.481 e. The standard InChI is InChI=1S/C24H22N4O5S2/c1-14-6-5-10-27-21(14)26-20(25-13-17(29)15-7-3-2-4-8-15)16(22(27)32)12-18-23(33)28(24(34)35-18)11-9-19(30)31/h2-8,10,12,17,25,29H,9,11,13H2,1H3,(H,30,31)/b18-12-/t17-/m0/s1. The fraction of sp³-hybridized carbons (Fsp3) is 0.208. The lowest BCUT2D eigenvalue weighted by atomic mass is 10.1. The Bertz CT molecular complexity index is 1400. The first kappa shape index (κ1) is 24.6. The Hall–Kier alpha value is -3.54. The summed E-state index contributed by atoms with van der Waals surface area (Å²) in [5.74, 6) is -1.29. The van der Waals surface area contributed by atoms with Crippen LogP contribution in [0.2, 0.25) is 0 Å². The summed E-state index contributed by atoms with van der Waals surface area (Å²) >= 11 is 6.25. The molecular formula is C24H22N4O5S2. The number of carbonyl (C=O) groups excluding carboxylic acids is 1. The van der Waals surface area contributed by atoms with Crippen LogP contribution in [0, 0.1) is 6.92 Å². The van der Waals surface area contributed by atoms with Crippen LogP contribution in [-0.4, -0.2) is 53.8 Å². The maximum absolute atomic E-state index is 13.4. The number of carboxylic acid groups (broad SMARTS) is 1. The molecule has 1 saturated heterocycles. The van der Waals surface area contributed by atoms with Crippen molar-refractivity contribution < 1.29 is 19.8 Å². The maximum Gasteiger partial charge on any atom is 0.305 e. The average Bonchev–Trinajstić information content (AvgIpc) is 3.11. The number of thioether (sulfide) groups is 1. The first-order valence-corrected chi connectivity index (χ1v) is 11.9. The highest BCUT2D eigenvalue weighted by atomic mass is 32.2. The Morgan fingerprint density at radius 1 is 1.23 bits per heavy atom. The van der Waals surface area contributed by atoms with Gasteiger partial charge in [-0.1, -0.05) is 60.4 Å². The number of aromatic nitrogens is 2. The lowest BCUT2D eigenvalue weighted by Crippen LogP contribution is -2.30. The van der Waals surface area contributed by atoms with Gasteiger partial charge in [-0.3, -0.25) is 23.7 Å². The molecule has 9 nitrogen and oxygen atoms in total. The van der Waals surface area contributed by atoms with Crippen molar-refractivity contribution in [1.29, 1.82) is 0 Å². The van der Waals surface area contributed by atoms with E-state index in [1.165, 1.54) is 15.4 Å². The first-order chi connectivity index (χ1) is 16.8. The fourth-order valence-electron chi connectivity index (χ4n) is 3.59. The predicted octanol–water partition coefficient (Wildman–Crippen LogP) is 2.82. The number of aliphatic hydroxyl groups is 1. The van der Waals surface area contributed by atoms with E-state index in [0.29, 0.717) is 11.2 Å². The molecule has 0 bridgehead atoms. The molecular weight excluding hydrogens is 488 g/mol. The van der Waals surface area contributed by atoms with Crippen molar-refractivity contribution in [2.75, 3.05) is 18.4 Å². The number of aliphatic carboxylic acids is 1. The van der Waals surface area contributed by atoms with Crippen molar-refractivity contribution in [3.8, 4) is 0 Å². The van der Waals surface area contributed by atoms with Crippen LogP contribution in [0.25, 0.3) is 11.7 Å². The number of nitrogens with one attached hydrogen (secondary N) is 1. The second-order valence-electron chi connectivity index (χ2n) is 7.85. The van der Waals surface area contributed by atoms with E-state index in [-0.39, 0.29) is 40.1 Å². The van der Waals surface area contributed by atoms with Crippen LogP contribution in [0.4, 0.5) is 5.82 Å². The fourth-order valence-corrected chi connectivity index (χ4v) is 4.88. The largest absolute Gasteiger partial charge is 0.481 e. The van der Waals surface area contributed by atoms with Gasteiger partial charge in [0.25, 0.3) is 11.5 Å². The van der Waals surface area contributed by atoms with Gasteiger partial charge >= 0.3 is 5.97 Å². The molecule has 0 saturated carbocycles. The van der Waals surface area contributed by atoms with E-state index in [9.17, 15) is 19.5 Å². The summed E-state index contributed by atoms with van der Waals surface area (Å²) < 4.78 is 1.62. The van der Waals surface area contributed by atoms with Crippen LogP contribution in [0.15, 0.2) is 58.4 Å². The number of fused-ring (bicyclic) bond motifs is 1. The van der Waals surface area contributed by atoms with Gasteiger partial charge in [-0.15, -0.1) is 0 Å². The number of thiocarbonyl (C=S) groups is 1.